The standard InChI is InChI=1S/C18H17NO5S/c1-4-19-17(20)16(24-18(19)25)10-12-6-8-15(23-12)13-9-11(21-2)5-7-14(13)22-3/h5-10H,4H2,1-3H3/b16-10+. The number of nitrogens with zero attached hydrogens (tertiary/aromatic N) is 1. The number of likely N-dealkylation sites (N-methyl/N-ethyl adjacent to an activating group) is 1. The van der Waals surface area contributed by atoms with Crippen LogP contribution in [0.1, 0.15) is 12.7 Å². The third-order valence-corrected chi connectivity index (χ3v) is 4.07. The van der Waals surface area contributed by atoms with E-state index in [1.54, 1.807) is 38.5 Å². The zero-order valence-electron chi connectivity index (χ0n) is 14.1. The maximum atomic E-state index is 12.2. The van der Waals surface area contributed by atoms with Crippen LogP contribution in [0.3, 0.4) is 0 Å². The van der Waals surface area contributed by atoms with Gasteiger partial charge in [-0.1, -0.05) is 0 Å². The van der Waals surface area contributed by atoms with Crippen molar-refractivity contribution in [3.63, 3.8) is 0 Å². The zero-order valence-corrected chi connectivity index (χ0v) is 14.9. The summed E-state index contributed by atoms with van der Waals surface area (Å²) in [6.07, 6.45) is 1.53. The van der Waals surface area contributed by atoms with Crippen LogP contribution in [0, 0.1) is 0 Å². The molecule has 2 heterocycles. The number of hydrogen-bond donors (Lipinski definition) is 0. The molecule has 0 bridgehead atoms. The fourth-order valence-corrected chi connectivity index (χ4v) is 2.79. The van der Waals surface area contributed by atoms with Crippen LogP contribution in [0.25, 0.3) is 17.4 Å². The Bertz CT molecular complexity index is 855. The van der Waals surface area contributed by atoms with Crippen LogP contribution in [0.4, 0.5) is 0 Å². The van der Waals surface area contributed by atoms with Crippen molar-refractivity contribution in [2.24, 2.45) is 0 Å². The molecule has 0 atom stereocenters. The van der Waals surface area contributed by atoms with E-state index in [-0.39, 0.29) is 16.8 Å². The quantitative estimate of drug-likeness (QED) is 0.602. The predicted octanol–water partition coefficient (Wildman–Crippen LogP) is 3.47. The Balaban J connectivity index is 1.93. The molecule has 25 heavy (non-hydrogen) atoms. The van der Waals surface area contributed by atoms with E-state index in [1.807, 2.05) is 13.0 Å². The molecule has 1 aromatic carbocycles. The van der Waals surface area contributed by atoms with Gasteiger partial charge in [0.05, 0.1) is 19.8 Å². The van der Waals surface area contributed by atoms with Gasteiger partial charge in [-0.3, -0.25) is 9.69 Å². The number of ether oxygens (including phenoxy) is 3. The van der Waals surface area contributed by atoms with Gasteiger partial charge < -0.3 is 18.6 Å². The molecule has 7 heteroatoms. The maximum absolute atomic E-state index is 12.2. The second-order valence-electron chi connectivity index (χ2n) is 5.19. The lowest BCUT2D eigenvalue weighted by molar-refractivity contribution is -0.122. The summed E-state index contributed by atoms with van der Waals surface area (Å²) in [4.78, 5) is 13.6. The molecule has 1 aromatic heterocycles. The van der Waals surface area contributed by atoms with E-state index in [9.17, 15) is 4.79 Å². The molecule has 1 aliphatic rings. The van der Waals surface area contributed by atoms with Gasteiger partial charge in [0, 0.05) is 12.6 Å². The largest absolute Gasteiger partial charge is 0.497 e. The molecule has 0 N–H and O–H groups in total. The molecular weight excluding hydrogens is 342 g/mol. The smallest absolute Gasteiger partial charge is 0.297 e. The summed E-state index contributed by atoms with van der Waals surface area (Å²) in [7, 11) is 3.18. The topological polar surface area (TPSA) is 61.1 Å². The number of methoxy groups -OCH3 is 2. The highest BCUT2D eigenvalue weighted by Crippen LogP contribution is 2.35. The van der Waals surface area contributed by atoms with Gasteiger partial charge in [0.15, 0.2) is 5.76 Å². The molecule has 130 valence electrons. The lowest BCUT2D eigenvalue weighted by Crippen LogP contribution is -2.27. The molecule has 1 aliphatic heterocycles. The number of carbonyl (C=O) groups is 1. The van der Waals surface area contributed by atoms with Gasteiger partial charge in [0.1, 0.15) is 23.0 Å². The maximum Gasteiger partial charge on any atom is 0.297 e. The van der Waals surface area contributed by atoms with E-state index < -0.39 is 0 Å². The molecule has 0 aliphatic carbocycles. The lowest BCUT2D eigenvalue weighted by Gasteiger charge is -2.08. The fourth-order valence-electron chi connectivity index (χ4n) is 2.48. The van der Waals surface area contributed by atoms with Gasteiger partial charge in [0.2, 0.25) is 0 Å². The van der Waals surface area contributed by atoms with Crippen molar-refractivity contribution in [2.75, 3.05) is 20.8 Å². The number of thiocarbonyl (C=S) groups is 1. The van der Waals surface area contributed by atoms with Crippen molar-refractivity contribution in [3.05, 3.63) is 41.9 Å². The predicted molar refractivity (Wildman–Crippen MR) is 96.3 cm³/mol. The molecule has 3 rings (SSSR count). The van der Waals surface area contributed by atoms with E-state index in [0.29, 0.717) is 29.6 Å². The summed E-state index contributed by atoms with van der Waals surface area (Å²) < 4.78 is 21.8. The zero-order chi connectivity index (χ0) is 18.0. The second kappa shape index (κ2) is 6.98. The Kier molecular flexibility index (Phi) is 4.76. The summed E-state index contributed by atoms with van der Waals surface area (Å²) in [5.74, 6) is 2.27. The van der Waals surface area contributed by atoms with Crippen molar-refractivity contribution in [1.82, 2.24) is 4.90 Å². The summed E-state index contributed by atoms with van der Waals surface area (Å²) in [6, 6.07) is 8.96. The van der Waals surface area contributed by atoms with E-state index in [2.05, 4.69) is 0 Å². The van der Waals surface area contributed by atoms with Crippen molar-refractivity contribution in [3.8, 4) is 22.8 Å². The summed E-state index contributed by atoms with van der Waals surface area (Å²) in [5, 5.41) is 0.153. The van der Waals surface area contributed by atoms with E-state index >= 15 is 0 Å². The second-order valence-corrected chi connectivity index (χ2v) is 5.54. The van der Waals surface area contributed by atoms with Crippen molar-refractivity contribution < 1.29 is 23.4 Å². The average molecular weight is 359 g/mol. The molecule has 0 spiro atoms. The molecule has 0 unspecified atom stereocenters. The molecule has 1 fully saturated rings. The van der Waals surface area contributed by atoms with Crippen LogP contribution in [0.2, 0.25) is 0 Å². The van der Waals surface area contributed by atoms with Crippen LogP contribution in [-0.2, 0) is 9.53 Å². The Morgan fingerprint density at radius 2 is 2.00 bits per heavy atom. The van der Waals surface area contributed by atoms with Crippen LogP contribution in [-0.4, -0.2) is 36.7 Å². The average Bonchev–Trinajstić information content (AvgIpc) is 3.19. The number of rotatable bonds is 5. The first-order valence-corrected chi connectivity index (χ1v) is 8.05. The molecule has 1 amide bonds. The lowest BCUT2D eigenvalue weighted by atomic mass is 10.1. The van der Waals surface area contributed by atoms with Crippen LogP contribution >= 0.6 is 12.2 Å². The van der Waals surface area contributed by atoms with E-state index in [0.717, 1.165) is 5.56 Å². The number of carbonyl (C=O) groups excluding carboxylic acids is 1. The van der Waals surface area contributed by atoms with Crippen LogP contribution < -0.4 is 9.47 Å². The van der Waals surface area contributed by atoms with Gasteiger partial charge in [-0.2, -0.15) is 0 Å². The minimum absolute atomic E-state index is 0.144. The number of hydrogen-bond acceptors (Lipinski definition) is 6. The highest BCUT2D eigenvalue weighted by Gasteiger charge is 2.32. The molecule has 0 saturated carbocycles. The van der Waals surface area contributed by atoms with Crippen LogP contribution in [0.15, 0.2) is 40.5 Å². The number of benzene rings is 1. The minimum Gasteiger partial charge on any atom is -0.497 e. The Hall–Kier alpha value is -2.80. The van der Waals surface area contributed by atoms with Crippen molar-refractivity contribution >= 4 is 29.4 Å². The van der Waals surface area contributed by atoms with E-state index in [4.69, 9.17) is 30.8 Å². The highest BCUT2D eigenvalue weighted by molar-refractivity contribution is 7.80. The normalized spacial score (nSPS) is 15.6. The molecule has 2 aromatic rings. The first-order valence-electron chi connectivity index (χ1n) is 7.65. The summed E-state index contributed by atoms with van der Waals surface area (Å²) in [5.41, 5.74) is 0.746. The van der Waals surface area contributed by atoms with Gasteiger partial charge >= 0.3 is 0 Å². The molecule has 0 radical (unpaired) electrons. The Labute approximate surface area is 150 Å². The number of furan rings is 1. The fraction of sp³-hybridized carbons (Fsp3) is 0.222. The molecular formula is C18H17NO5S. The van der Waals surface area contributed by atoms with E-state index in [1.165, 1.54) is 11.0 Å². The van der Waals surface area contributed by atoms with Gasteiger partial charge in [-0.05, 0) is 49.5 Å². The Morgan fingerprint density at radius 3 is 2.64 bits per heavy atom. The monoisotopic (exact) mass is 359 g/mol. The first-order chi connectivity index (χ1) is 12.1. The van der Waals surface area contributed by atoms with Crippen molar-refractivity contribution in [1.29, 1.82) is 0 Å². The SMILES string of the molecule is CCN1C(=O)/C(=C\c2ccc(-c3cc(OC)ccc3OC)o2)OC1=S. The van der Waals surface area contributed by atoms with Crippen molar-refractivity contribution in [2.45, 2.75) is 6.92 Å². The molecule has 6 nitrogen and oxygen atoms in total. The third kappa shape index (κ3) is 3.23. The summed E-state index contributed by atoms with van der Waals surface area (Å²) >= 11 is 5.03. The van der Waals surface area contributed by atoms with Gasteiger partial charge in [-0.15, -0.1) is 0 Å². The molecule has 1 saturated heterocycles. The number of amides is 1. The summed E-state index contributed by atoms with van der Waals surface area (Å²) in [6.45, 7) is 2.29. The van der Waals surface area contributed by atoms with Gasteiger partial charge in [0.25, 0.3) is 11.1 Å². The van der Waals surface area contributed by atoms with Crippen LogP contribution in [0.5, 0.6) is 11.5 Å². The van der Waals surface area contributed by atoms with Gasteiger partial charge in [-0.25, -0.2) is 0 Å². The highest BCUT2D eigenvalue weighted by atomic mass is 32.1. The third-order valence-electron chi connectivity index (χ3n) is 3.76. The Morgan fingerprint density at radius 1 is 1.20 bits per heavy atom. The minimum atomic E-state index is -0.274. The first kappa shape index (κ1) is 17.0.